The van der Waals surface area contributed by atoms with E-state index in [1.807, 2.05) is 36.4 Å². The quantitative estimate of drug-likeness (QED) is 0.727. The predicted octanol–water partition coefficient (Wildman–Crippen LogP) is 3.70. The smallest absolute Gasteiger partial charge is 0.339 e. The number of fused-ring (bicyclic) bond motifs is 2. The third kappa shape index (κ3) is 2.85. The lowest BCUT2D eigenvalue weighted by atomic mass is 9.98. The van der Waals surface area contributed by atoms with Crippen LogP contribution in [0.15, 0.2) is 60.7 Å². The third-order valence-electron chi connectivity index (χ3n) is 4.28. The molecule has 0 bridgehead atoms. The Morgan fingerprint density at radius 1 is 1.08 bits per heavy atom. The molecular formula is C20H14FNO3. The lowest BCUT2D eigenvalue weighted by Gasteiger charge is -2.24. The van der Waals surface area contributed by atoms with Crippen LogP contribution in [0, 0.1) is 5.82 Å². The molecule has 0 radical (unpaired) electrons. The maximum atomic E-state index is 13.4. The highest BCUT2D eigenvalue weighted by atomic mass is 19.1. The normalized spacial score (nSPS) is 16.2. The molecule has 0 saturated heterocycles. The first-order chi connectivity index (χ1) is 12.1. The highest BCUT2D eigenvalue weighted by molar-refractivity contribution is 6.05. The number of rotatable bonds is 2. The van der Waals surface area contributed by atoms with E-state index in [9.17, 15) is 14.0 Å². The van der Waals surface area contributed by atoms with E-state index in [2.05, 4.69) is 5.32 Å². The van der Waals surface area contributed by atoms with Crippen molar-refractivity contribution in [2.75, 3.05) is 5.32 Å². The van der Waals surface area contributed by atoms with Crippen LogP contribution in [0.3, 0.4) is 0 Å². The molecule has 1 aliphatic heterocycles. The molecule has 0 spiro atoms. The summed E-state index contributed by atoms with van der Waals surface area (Å²) in [4.78, 5) is 24.6. The molecule has 0 aliphatic carbocycles. The number of nitrogens with one attached hydrogen (secondary N) is 1. The number of benzene rings is 3. The molecule has 124 valence electrons. The zero-order valence-corrected chi connectivity index (χ0v) is 13.2. The van der Waals surface area contributed by atoms with Gasteiger partial charge in [-0.05, 0) is 35.2 Å². The number of cyclic esters (lactones) is 1. The maximum absolute atomic E-state index is 13.4. The van der Waals surface area contributed by atoms with Crippen molar-refractivity contribution < 1.29 is 18.7 Å². The van der Waals surface area contributed by atoms with Crippen molar-refractivity contribution in [3.05, 3.63) is 77.6 Å². The molecule has 4 nitrogen and oxygen atoms in total. The van der Waals surface area contributed by atoms with Gasteiger partial charge in [-0.3, -0.25) is 4.79 Å². The monoisotopic (exact) mass is 335 g/mol. The largest absolute Gasteiger partial charge is 0.448 e. The van der Waals surface area contributed by atoms with Gasteiger partial charge in [0.05, 0.1) is 5.56 Å². The van der Waals surface area contributed by atoms with Crippen LogP contribution in [0.2, 0.25) is 0 Å². The first-order valence-corrected chi connectivity index (χ1v) is 7.90. The van der Waals surface area contributed by atoms with Gasteiger partial charge in [0.25, 0.3) is 5.91 Å². The minimum atomic E-state index is -0.985. The van der Waals surface area contributed by atoms with Gasteiger partial charge in [0.1, 0.15) is 5.82 Å². The number of halogens is 1. The average Bonchev–Trinajstić information content (AvgIpc) is 2.61. The Hall–Kier alpha value is -3.21. The number of esters is 1. The minimum Gasteiger partial charge on any atom is -0.448 e. The second-order valence-electron chi connectivity index (χ2n) is 5.92. The molecule has 5 heteroatoms. The van der Waals surface area contributed by atoms with Crippen molar-refractivity contribution in [2.45, 2.75) is 12.5 Å². The SMILES string of the molecule is O=C1OC(C(=O)Nc2cccc3ccccc23)Cc2cc(F)ccc21. The fourth-order valence-electron chi connectivity index (χ4n) is 3.06. The third-order valence-corrected chi connectivity index (χ3v) is 4.28. The van der Waals surface area contributed by atoms with E-state index in [0.717, 1.165) is 10.8 Å². The molecule has 25 heavy (non-hydrogen) atoms. The molecule has 0 saturated carbocycles. The summed E-state index contributed by atoms with van der Waals surface area (Å²) >= 11 is 0. The highest BCUT2D eigenvalue weighted by Gasteiger charge is 2.31. The number of carbonyl (C=O) groups excluding carboxylic acids is 2. The molecule has 0 fully saturated rings. The van der Waals surface area contributed by atoms with Crippen molar-refractivity contribution in [1.29, 1.82) is 0 Å². The van der Waals surface area contributed by atoms with Crippen LogP contribution in [0.1, 0.15) is 15.9 Å². The summed E-state index contributed by atoms with van der Waals surface area (Å²) < 4.78 is 18.6. The Morgan fingerprint density at radius 3 is 2.76 bits per heavy atom. The lowest BCUT2D eigenvalue weighted by molar-refractivity contribution is -0.125. The molecule has 1 aliphatic rings. The van der Waals surface area contributed by atoms with Crippen molar-refractivity contribution in [1.82, 2.24) is 0 Å². The van der Waals surface area contributed by atoms with Gasteiger partial charge in [0.15, 0.2) is 6.10 Å². The summed E-state index contributed by atoms with van der Waals surface area (Å²) in [6.07, 6.45) is -0.837. The van der Waals surface area contributed by atoms with Crippen molar-refractivity contribution in [2.24, 2.45) is 0 Å². The molecule has 1 amide bonds. The first kappa shape index (κ1) is 15.3. The Kier molecular flexibility index (Phi) is 3.69. The fraction of sp³-hybridized carbons (Fsp3) is 0.100. The second-order valence-corrected chi connectivity index (χ2v) is 5.92. The van der Waals surface area contributed by atoms with Gasteiger partial charge in [-0.2, -0.15) is 0 Å². The number of anilines is 1. The Labute approximate surface area is 143 Å². The molecule has 3 aromatic rings. The zero-order chi connectivity index (χ0) is 17.4. The summed E-state index contributed by atoms with van der Waals surface area (Å²) in [5.74, 6) is -1.49. The second kappa shape index (κ2) is 6.02. The molecule has 1 N–H and O–H groups in total. The number of carbonyl (C=O) groups is 2. The summed E-state index contributed by atoms with van der Waals surface area (Å²) in [7, 11) is 0. The predicted molar refractivity (Wildman–Crippen MR) is 91.9 cm³/mol. The van der Waals surface area contributed by atoms with E-state index in [1.54, 1.807) is 6.07 Å². The standard InChI is InChI=1S/C20H14FNO3/c21-14-8-9-16-13(10-14)11-18(25-20(16)24)19(23)22-17-7-3-5-12-4-1-2-6-15(12)17/h1-10,18H,11H2,(H,22,23). The topological polar surface area (TPSA) is 55.4 Å². The zero-order valence-electron chi connectivity index (χ0n) is 13.2. The molecule has 1 unspecified atom stereocenters. The van der Waals surface area contributed by atoms with Crippen molar-refractivity contribution in [3.63, 3.8) is 0 Å². The lowest BCUT2D eigenvalue weighted by Crippen LogP contribution is -2.38. The first-order valence-electron chi connectivity index (χ1n) is 7.90. The Balaban J connectivity index is 1.60. The Bertz CT molecular complexity index is 994. The van der Waals surface area contributed by atoms with Crippen LogP contribution in [0.5, 0.6) is 0 Å². The van der Waals surface area contributed by atoms with Gasteiger partial charge in [-0.1, -0.05) is 36.4 Å². The molecule has 1 heterocycles. The summed E-state index contributed by atoms with van der Waals surface area (Å²) in [6, 6.07) is 17.1. The molecular weight excluding hydrogens is 321 g/mol. The summed E-state index contributed by atoms with van der Waals surface area (Å²) in [5, 5.41) is 4.70. The van der Waals surface area contributed by atoms with E-state index in [0.29, 0.717) is 16.8 Å². The fourth-order valence-corrected chi connectivity index (χ4v) is 3.06. The molecule has 3 aromatic carbocycles. The summed E-state index contributed by atoms with van der Waals surface area (Å²) in [6.45, 7) is 0. The van der Waals surface area contributed by atoms with Gasteiger partial charge < -0.3 is 10.1 Å². The van der Waals surface area contributed by atoms with Gasteiger partial charge in [0, 0.05) is 17.5 Å². The molecule has 4 rings (SSSR count). The van der Waals surface area contributed by atoms with Crippen LogP contribution in [0.25, 0.3) is 10.8 Å². The molecule has 1 atom stereocenters. The van der Waals surface area contributed by atoms with Crippen LogP contribution in [-0.4, -0.2) is 18.0 Å². The van der Waals surface area contributed by atoms with Gasteiger partial charge in [-0.25, -0.2) is 9.18 Å². The van der Waals surface area contributed by atoms with Crippen molar-refractivity contribution in [3.8, 4) is 0 Å². The number of amides is 1. The van der Waals surface area contributed by atoms with Crippen molar-refractivity contribution >= 4 is 28.3 Å². The van der Waals surface area contributed by atoms with Crippen LogP contribution < -0.4 is 5.32 Å². The number of hydrogen-bond acceptors (Lipinski definition) is 3. The highest BCUT2D eigenvalue weighted by Crippen LogP contribution is 2.25. The molecule has 0 aromatic heterocycles. The van der Waals surface area contributed by atoms with E-state index >= 15 is 0 Å². The van der Waals surface area contributed by atoms with Crippen LogP contribution in [-0.2, 0) is 16.0 Å². The van der Waals surface area contributed by atoms with E-state index in [1.165, 1.54) is 18.2 Å². The van der Waals surface area contributed by atoms with Gasteiger partial charge in [-0.15, -0.1) is 0 Å². The summed E-state index contributed by atoms with van der Waals surface area (Å²) in [5.41, 5.74) is 1.43. The maximum Gasteiger partial charge on any atom is 0.339 e. The van der Waals surface area contributed by atoms with Crippen LogP contribution in [0.4, 0.5) is 10.1 Å². The van der Waals surface area contributed by atoms with E-state index < -0.39 is 23.8 Å². The van der Waals surface area contributed by atoms with Crippen LogP contribution >= 0.6 is 0 Å². The number of hydrogen-bond donors (Lipinski definition) is 1. The Morgan fingerprint density at radius 2 is 1.88 bits per heavy atom. The average molecular weight is 335 g/mol. The van der Waals surface area contributed by atoms with Gasteiger partial charge >= 0.3 is 5.97 Å². The van der Waals surface area contributed by atoms with E-state index in [4.69, 9.17) is 4.74 Å². The minimum absolute atomic E-state index is 0.148. The van der Waals surface area contributed by atoms with Gasteiger partial charge in [0.2, 0.25) is 0 Å². The van der Waals surface area contributed by atoms with E-state index in [-0.39, 0.29) is 6.42 Å². The number of ether oxygens (including phenoxy) is 1.